The first-order chi connectivity index (χ1) is 26.1. The van der Waals surface area contributed by atoms with Crippen LogP contribution in [0, 0.1) is 0 Å². The number of aliphatic carboxylic acids is 1. The van der Waals surface area contributed by atoms with E-state index in [2.05, 4.69) is 86.8 Å². The molecule has 0 rings (SSSR count). The average Bonchev–Trinajstić information content (AvgIpc) is 3.12. The maximum Gasteiger partial charge on any atom is 0.306 e. The van der Waals surface area contributed by atoms with Crippen molar-refractivity contribution in [3.05, 3.63) is 72.9 Å². The molecule has 2 unspecified atom stereocenters. The molecule has 54 heavy (non-hydrogen) atoms. The molecule has 0 aromatic rings. The lowest BCUT2D eigenvalue weighted by Gasteiger charge is -2.34. The van der Waals surface area contributed by atoms with Crippen LogP contribution < -0.4 is 5.11 Å². The average molecular weight is 756 g/mol. The second-order valence-electron chi connectivity index (χ2n) is 14.8. The SMILES string of the molecule is CC/C=C/C/C=C/C/C=C/C/C=C/C/C=C/C/C=C/CCCCCC(=O)OC(COCCC(C(=O)[O-])[N+](C)(C)C)COC(=O)CCCCCCCCCC. The lowest BCUT2D eigenvalue weighted by atomic mass is 10.1. The van der Waals surface area contributed by atoms with Crippen LogP contribution in [0.4, 0.5) is 0 Å². The highest BCUT2D eigenvalue weighted by Crippen LogP contribution is 2.12. The number of carboxylic acid groups (broad SMARTS) is 1. The van der Waals surface area contributed by atoms with Crippen LogP contribution in [-0.4, -0.2) is 75.5 Å². The number of nitrogens with zero attached hydrogens (tertiary/aromatic N) is 1. The van der Waals surface area contributed by atoms with Gasteiger partial charge in [0.2, 0.25) is 0 Å². The number of unbranched alkanes of at least 4 members (excludes halogenated alkanes) is 10. The summed E-state index contributed by atoms with van der Waals surface area (Å²) in [6.07, 6.45) is 45.1. The minimum Gasteiger partial charge on any atom is -0.544 e. The molecule has 0 bridgehead atoms. The molecule has 0 saturated carbocycles. The monoisotopic (exact) mass is 756 g/mol. The molecule has 0 aromatic heterocycles. The Morgan fingerprint density at radius 1 is 0.574 bits per heavy atom. The van der Waals surface area contributed by atoms with E-state index in [1.54, 1.807) is 21.1 Å². The van der Waals surface area contributed by atoms with Crippen LogP contribution in [0.2, 0.25) is 0 Å². The first-order valence-electron chi connectivity index (χ1n) is 21.0. The molecule has 0 amide bonds. The quantitative estimate of drug-likeness (QED) is 0.0272. The van der Waals surface area contributed by atoms with Crippen molar-refractivity contribution in [1.82, 2.24) is 0 Å². The van der Waals surface area contributed by atoms with Crippen LogP contribution in [0.25, 0.3) is 0 Å². The third-order valence-corrected chi connectivity index (χ3v) is 8.86. The highest BCUT2D eigenvalue weighted by atomic mass is 16.6. The number of hydrogen-bond donors (Lipinski definition) is 0. The van der Waals surface area contributed by atoms with Crippen molar-refractivity contribution >= 4 is 17.9 Å². The standard InChI is InChI=1S/C46H77NO7/c1-6-8-10-12-14-16-17-18-19-20-21-22-23-24-25-26-27-28-29-31-33-35-37-45(49)54-42(40-52-39-38-43(46(50)51)47(3,4)5)41-53-44(48)36-34-32-30-15-13-11-9-7-2/h8,10,14,16,18-19,21-22,24-25,27-28,42-43H,6-7,9,11-13,15,17,20,23,26,29-41H2,1-5H3/b10-8+,16-14+,19-18+,22-21+,25-24+,28-27+. The molecule has 8 nitrogen and oxygen atoms in total. The fourth-order valence-electron chi connectivity index (χ4n) is 5.60. The summed E-state index contributed by atoms with van der Waals surface area (Å²) in [7, 11) is 5.38. The van der Waals surface area contributed by atoms with E-state index in [4.69, 9.17) is 14.2 Å². The van der Waals surface area contributed by atoms with E-state index >= 15 is 0 Å². The lowest BCUT2D eigenvalue weighted by Crippen LogP contribution is -2.55. The largest absolute Gasteiger partial charge is 0.544 e. The van der Waals surface area contributed by atoms with Crippen LogP contribution in [0.1, 0.15) is 149 Å². The zero-order valence-electron chi connectivity index (χ0n) is 34.9. The fourth-order valence-corrected chi connectivity index (χ4v) is 5.60. The van der Waals surface area contributed by atoms with E-state index in [-0.39, 0.29) is 49.1 Å². The van der Waals surface area contributed by atoms with Gasteiger partial charge < -0.3 is 28.6 Å². The molecule has 0 fully saturated rings. The first kappa shape index (κ1) is 50.8. The Balaban J connectivity index is 4.38. The molecule has 0 N–H and O–H groups in total. The van der Waals surface area contributed by atoms with Crippen molar-refractivity contribution in [2.24, 2.45) is 0 Å². The fraction of sp³-hybridized carbons (Fsp3) is 0.674. The molecule has 0 aliphatic rings. The van der Waals surface area contributed by atoms with E-state index < -0.39 is 18.1 Å². The Kier molecular flexibility index (Phi) is 34.5. The van der Waals surface area contributed by atoms with Crippen LogP contribution in [0.15, 0.2) is 72.9 Å². The summed E-state index contributed by atoms with van der Waals surface area (Å²) in [5.41, 5.74) is 0. The number of quaternary nitrogens is 1. The van der Waals surface area contributed by atoms with E-state index in [1.807, 2.05) is 0 Å². The van der Waals surface area contributed by atoms with Gasteiger partial charge in [0.25, 0.3) is 0 Å². The van der Waals surface area contributed by atoms with Gasteiger partial charge >= 0.3 is 11.9 Å². The highest BCUT2D eigenvalue weighted by molar-refractivity contribution is 5.70. The summed E-state index contributed by atoms with van der Waals surface area (Å²) < 4.78 is 17.0. The molecule has 0 aromatic carbocycles. The third-order valence-electron chi connectivity index (χ3n) is 8.86. The Morgan fingerprint density at radius 3 is 1.54 bits per heavy atom. The number of carboxylic acids is 1. The van der Waals surface area contributed by atoms with Gasteiger partial charge in [0, 0.05) is 19.3 Å². The van der Waals surface area contributed by atoms with E-state index in [9.17, 15) is 19.5 Å². The Labute approximate surface area is 330 Å². The van der Waals surface area contributed by atoms with Gasteiger partial charge in [0.05, 0.1) is 40.3 Å². The highest BCUT2D eigenvalue weighted by Gasteiger charge is 2.25. The Bertz CT molecular complexity index is 1110. The Morgan fingerprint density at radius 2 is 1.04 bits per heavy atom. The minimum atomic E-state index is -1.13. The number of carbonyl (C=O) groups excluding carboxylic acids is 3. The molecule has 0 aliphatic carbocycles. The molecule has 2 atom stereocenters. The van der Waals surface area contributed by atoms with Crippen LogP contribution in [0.3, 0.4) is 0 Å². The summed E-state index contributed by atoms with van der Waals surface area (Å²) in [4.78, 5) is 36.6. The molecular weight excluding hydrogens is 679 g/mol. The molecule has 0 heterocycles. The second-order valence-corrected chi connectivity index (χ2v) is 14.8. The van der Waals surface area contributed by atoms with Gasteiger partial charge in [-0.2, -0.15) is 0 Å². The van der Waals surface area contributed by atoms with Crippen LogP contribution >= 0.6 is 0 Å². The number of likely N-dealkylation sites (N-methyl/N-ethyl adjacent to an activating group) is 1. The second kappa shape index (κ2) is 36.7. The number of ether oxygens (including phenoxy) is 3. The molecule has 308 valence electrons. The predicted octanol–water partition coefficient (Wildman–Crippen LogP) is 9.85. The van der Waals surface area contributed by atoms with Gasteiger partial charge in [-0.05, 0) is 64.2 Å². The summed E-state index contributed by atoms with van der Waals surface area (Å²) in [5.74, 6) is -1.79. The molecule has 0 saturated heterocycles. The summed E-state index contributed by atoms with van der Waals surface area (Å²) in [5, 5.41) is 11.6. The van der Waals surface area contributed by atoms with Crippen molar-refractivity contribution in [3.63, 3.8) is 0 Å². The maximum atomic E-state index is 12.7. The summed E-state index contributed by atoms with van der Waals surface area (Å²) in [6, 6.07) is -0.733. The van der Waals surface area contributed by atoms with Crippen molar-refractivity contribution in [3.8, 4) is 0 Å². The van der Waals surface area contributed by atoms with E-state index in [1.165, 1.54) is 32.1 Å². The predicted molar refractivity (Wildman–Crippen MR) is 222 cm³/mol. The smallest absolute Gasteiger partial charge is 0.306 e. The first-order valence-corrected chi connectivity index (χ1v) is 21.0. The topological polar surface area (TPSA) is 102 Å². The molecule has 0 aliphatic heterocycles. The van der Waals surface area contributed by atoms with E-state index in [0.29, 0.717) is 12.8 Å². The van der Waals surface area contributed by atoms with Gasteiger partial charge in [-0.15, -0.1) is 0 Å². The lowest BCUT2D eigenvalue weighted by molar-refractivity contribution is -0.889. The van der Waals surface area contributed by atoms with Crippen molar-refractivity contribution in [2.75, 3.05) is 41.0 Å². The number of esters is 2. The zero-order valence-corrected chi connectivity index (χ0v) is 34.9. The van der Waals surface area contributed by atoms with Gasteiger partial charge in [-0.25, -0.2) is 0 Å². The Hall–Kier alpha value is -3.23. The number of carbonyl (C=O) groups is 3. The normalized spacial score (nSPS) is 13.7. The van der Waals surface area contributed by atoms with Crippen molar-refractivity contribution < 1.29 is 38.2 Å². The molecular formula is C46H77NO7. The zero-order chi connectivity index (χ0) is 40.0. The van der Waals surface area contributed by atoms with Crippen LogP contribution in [0.5, 0.6) is 0 Å². The minimum absolute atomic E-state index is 0.0242. The van der Waals surface area contributed by atoms with Crippen molar-refractivity contribution in [1.29, 1.82) is 0 Å². The molecule has 8 heteroatoms. The van der Waals surface area contributed by atoms with Gasteiger partial charge in [0.15, 0.2) is 6.10 Å². The number of hydrogen-bond acceptors (Lipinski definition) is 7. The summed E-state index contributed by atoms with van der Waals surface area (Å²) >= 11 is 0. The van der Waals surface area contributed by atoms with Crippen LogP contribution in [-0.2, 0) is 28.6 Å². The van der Waals surface area contributed by atoms with Gasteiger partial charge in [0.1, 0.15) is 12.6 Å². The number of allylic oxidation sites excluding steroid dienone is 12. The maximum absolute atomic E-state index is 12.7. The van der Waals surface area contributed by atoms with Gasteiger partial charge in [-0.1, -0.05) is 138 Å². The third kappa shape index (κ3) is 34.5. The molecule has 0 spiro atoms. The van der Waals surface area contributed by atoms with Crippen molar-refractivity contribution in [2.45, 2.75) is 161 Å². The number of rotatable bonds is 36. The van der Waals surface area contributed by atoms with E-state index in [0.717, 1.165) is 77.0 Å². The summed E-state index contributed by atoms with van der Waals surface area (Å²) in [6.45, 7) is 4.46. The van der Waals surface area contributed by atoms with Gasteiger partial charge in [-0.3, -0.25) is 9.59 Å². The molecule has 0 radical (unpaired) electrons.